The van der Waals surface area contributed by atoms with E-state index < -0.39 is 23.5 Å². The third kappa shape index (κ3) is 4.94. The van der Waals surface area contributed by atoms with E-state index in [0.717, 1.165) is 10.3 Å². The van der Waals surface area contributed by atoms with Gasteiger partial charge in [0.25, 0.3) is 5.91 Å². The van der Waals surface area contributed by atoms with Crippen molar-refractivity contribution in [3.8, 4) is 11.5 Å². The Labute approximate surface area is 244 Å². The average molecular weight is 587 g/mol. The third-order valence-corrected chi connectivity index (χ3v) is 7.96. The van der Waals surface area contributed by atoms with Gasteiger partial charge in [-0.15, -0.1) is 0 Å². The van der Waals surface area contributed by atoms with Crippen molar-refractivity contribution in [2.45, 2.75) is 19.6 Å². The quantitative estimate of drug-likeness (QED) is 0.191. The highest BCUT2D eigenvalue weighted by Gasteiger charge is 2.46. The maximum Gasteiger partial charge on any atom is 0.296 e. The zero-order valence-electron chi connectivity index (χ0n) is 22.0. The van der Waals surface area contributed by atoms with Crippen molar-refractivity contribution >= 4 is 50.0 Å². The van der Waals surface area contributed by atoms with Crippen LogP contribution >= 0.6 is 22.9 Å². The van der Waals surface area contributed by atoms with Crippen LogP contribution in [0.3, 0.4) is 0 Å². The minimum absolute atomic E-state index is 0.00885. The molecule has 1 atom stereocenters. The van der Waals surface area contributed by atoms with Crippen LogP contribution in [0.5, 0.6) is 11.5 Å². The predicted molar refractivity (Wildman–Crippen MR) is 156 cm³/mol. The van der Waals surface area contributed by atoms with Gasteiger partial charge in [-0.2, -0.15) is 0 Å². The van der Waals surface area contributed by atoms with Gasteiger partial charge in [-0.25, -0.2) is 4.98 Å². The van der Waals surface area contributed by atoms with Gasteiger partial charge in [0, 0.05) is 5.02 Å². The number of methoxy groups -OCH3 is 1. The van der Waals surface area contributed by atoms with Crippen LogP contribution in [0.2, 0.25) is 5.02 Å². The molecule has 0 aliphatic carbocycles. The minimum Gasteiger partial charge on any atom is -0.503 e. The number of hydrogen-bond acceptors (Lipinski definition) is 8. The lowest BCUT2D eigenvalue weighted by atomic mass is 9.95. The maximum absolute atomic E-state index is 13.7. The second-order valence-electron chi connectivity index (χ2n) is 9.37. The number of ketones is 1. The molecule has 3 aromatic carbocycles. The van der Waals surface area contributed by atoms with E-state index in [1.807, 2.05) is 30.3 Å². The van der Waals surface area contributed by atoms with Gasteiger partial charge in [0.05, 0.1) is 28.9 Å². The van der Waals surface area contributed by atoms with Crippen molar-refractivity contribution in [2.75, 3.05) is 12.0 Å². The molecule has 1 N–H and O–H groups in total. The molecule has 5 aromatic rings. The fourth-order valence-corrected chi connectivity index (χ4v) is 6.01. The van der Waals surface area contributed by atoms with Crippen molar-refractivity contribution < 1.29 is 28.6 Å². The van der Waals surface area contributed by atoms with Crippen LogP contribution in [0.4, 0.5) is 5.13 Å². The number of nitrogens with zero attached hydrogens (tertiary/aromatic N) is 2. The van der Waals surface area contributed by atoms with Crippen LogP contribution in [-0.2, 0) is 11.4 Å². The number of benzene rings is 3. The summed E-state index contributed by atoms with van der Waals surface area (Å²) in [5, 5.41) is 11.9. The maximum atomic E-state index is 13.7. The fraction of sp³-hybridized carbons (Fsp3) is 0.129. The molecular weight excluding hydrogens is 564 g/mol. The Hall–Kier alpha value is -4.60. The highest BCUT2D eigenvalue weighted by atomic mass is 35.5. The molecule has 0 bridgehead atoms. The third-order valence-electron chi connectivity index (χ3n) is 6.70. The molecule has 206 valence electrons. The molecule has 1 amide bonds. The lowest BCUT2D eigenvalue weighted by molar-refractivity contribution is -0.117. The highest BCUT2D eigenvalue weighted by Crippen LogP contribution is 2.46. The smallest absolute Gasteiger partial charge is 0.296 e. The second-order valence-corrected chi connectivity index (χ2v) is 10.8. The number of hydrogen-bond donors (Lipinski definition) is 1. The standard InChI is InChI=1S/C31H23ClN2O6S/c1-17-8-12-23(40-17)28(35)26-27(19-9-13-22(24(14-19)38-2)39-16-18-6-4-3-5-7-18)34(30(37)29(26)36)31-33-21-11-10-20(32)15-25(21)41-31/h3-15,27,36H,16H2,1-2H3. The molecule has 0 saturated heterocycles. The van der Waals surface area contributed by atoms with Gasteiger partial charge in [0.1, 0.15) is 12.4 Å². The topological polar surface area (TPSA) is 102 Å². The summed E-state index contributed by atoms with van der Waals surface area (Å²) in [6, 6.07) is 22.2. The summed E-state index contributed by atoms with van der Waals surface area (Å²) >= 11 is 7.41. The van der Waals surface area contributed by atoms with E-state index in [4.69, 9.17) is 25.5 Å². The first-order valence-corrected chi connectivity index (χ1v) is 13.8. The number of carbonyl (C=O) groups is 2. The first-order chi connectivity index (χ1) is 19.8. The number of halogens is 1. The Morgan fingerprint density at radius 1 is 1.07 bits per heavy atom. The lowest BCUT2D eigenvalue weighted by Crippen LogP contribution is -2.31. The van der Waals surface area contributed by atoms with Crippen molar-refractivity contribution in [2.24, 2.45) is 0 Å². The molecule has 1 aliphatic rings. The number of aromatic nitrogens is 1. The van der Waals surface area contributed by atoms with Crippen molar-refractivity contribution in [1.82, 2.24) is 4.98 Å². The predicted octanol–water partition coefficient (Wildman–Crippen LogP) is 7.22. The van der Waals surface area contributed by atoms with Crippen LogP contribution in [0, 0.1) is 6.92 Å². The monoisotopic (exact) mass is 586 g/mol. The summed E-state index contributed by atoms with van der Waals surface area (Å²) < 4.78 is 18.0. The van der Waals surface area contributed by atoms with Crippen LogP contribution in [0.1, 0.15) is 33.5 Å². The fourth-order valence-electron chi connectivity index (χ4n) is 4.74. The van der Waals surface area contributed by atoms with Gasteiger partial charge in [-0.1, -0.05) is 59.3 Å². The number of aliphatic hydroxyl groups is 1. The molecule has 10 heteroatoms. The minimum atomic E-state index is -1.02. The highest BCUT2D eigenvalue weighted by molar-refractivity contribution is 7.22. The van der Waals surface area contributed by atoms with Crippen molar-refractivity contribution in [3.05, 3.63) is 118 Å². The van der Waals surface area contributed by atoms with Gasteiger partial charge in [0.2, 0.25) is 5.78 Å². The van der Waals surface area contributed by atoms with Gasteiger partial charge in [-0.3, -0.25) is 14.5 Å². The Morgan fingerprint density at radius 2 is 1.88 bits per heavy atom. The van der Waals surface area contributed by atoms with Gasteiger partial charge in [-0.05, 0) is 60.5 Å². The van der Waals surface area contributed by atoms with Gasteiger partial charge in [0.15, 0.2) is 28.1 Å². The van der Waals surface area contributed by atoms with Crippen LogP contribution in [0.25, 0.3) is 10.2 Å². The Morgan fingerprint density at radius 3 is 2.61 bits per heavy atom. The molecule has 1 unspecified atom stereocenters. The zero-order valence-corrected chi connectivity index (χ0v) is 23.5. The SMILES string of the molecule is COc1cc(C2C(C(=O)c3ccc(C)o3)=C(O)C(=O)N2c2nc3ccc(Cl)cc3s2)ccc1OCc1ccccc1. The molecule has 0 spiro atoms. The molecule has 8 nitrogen and oxygen atoms in total. The number of thiazole rings is 1. The van der Waals surface area contributed by atoms with Gasteiger partial charge < -0.3 is 19.0 Å². The Balaban J connectivity index is 1.44. The molecule has 6 rings (SSSR count). The molecular formula is C31H23ClN2O6S. The number of ether oxygens (including phenoxy) is 2. The summed E-state index contributed by atoms with van der Waals surface area (Å²) in [6.07, 6.45) is 0. The number of anilines is 1. The number of amides is 1. The number of aliphatic hydroxyl groups excluding tert-OH is 1. The number of furan rings is 1. The van der Waals surface area contributed by atoms with E-state index in [0.29, 0.717) is 45.1 Å². The molecule has 0 fully saturated rings. The molecule has 0 saturated carbocycles. The Kier molecular flexibility index (Phi) is 6.98. The Bertz CT molecular complexity index is 1830. The summed E-state index contributed by atoms with van der Waals surface area (Å²) in [4.78, 5) is 33.2. The zero-order chi connectivity index (χ0) is 28.7. The van der Waals surface area contributed by atoms with Crippen LogP contribution in [0.15, 0.2) is 94.6 Å². The number of rotatable bonds is 8. The normalized spacial score (nSPS) is 15.1. The van der Waals surface area contributed by atoms with E-state index in [2.05, 4.69) is 4.98 Å². The van der Waals surface area contributed by atoms with E-state index in [1.165, 1.54) is 29.4 Å². The van der Waals surface area contributed by atoms with Crippen LogP contribution < -0.4 is 14.4 Å². The van der Waals surface area contributed by atoms with Crippen LogP contribution in [-0.4, -0.2) is 28.9 Å². The first kappa shape index (κ1) is 26.6. The summed E-state index contributed by atoms with van der Waals surface area (Å²) in [5.74, 6) is -0.624. The number of carbonyl (C=O) groups excluding carboxylic acids is 2. The first-order valence-electron chi connectivity index (χ1n) is 12.6. The molecule has 1 aliphatic heterocycles. The van der Waals surface area contributed by atoms with E-state index >= 15 is 0 Å². The summed E-state index contributed by atoms with van der Waals surface area (Å²) in [7, 11) is 1.51. The average Bonchev–Trinajstić information content (AvgIpc) is 3.67. The molecule has 41 heavy (non-hydrogen) atoms. The molecule has 3 heterocycles. The number of Topliss-reactive ketones (excluding diaryl/α,β-unsaturated/α-hetero) is 1. The van der Waals surface area contributed by atoms with Crippen molar-refractivity contribution in [1.29, 1.82) is 0 Å². The largest absolute Gasteiger partial charge is 0.503 e. The number of aryl methyl sites for hydroxylation is 1. The lowest BCUT2D eigenvalue weighted by Gasteiger charge is -2.25. The second kappa shape index (κ2) is 10.8. The number of fused-ring (bicyclic) bond motifs is 1. The van der Waals surface area contributed by atoms with E-state index in [1.54, 1.807) is 49.4 Å². The summed E-state index contributed by atoms with van der Waals surface area (Å²) in [5.41, 5.74) is 2.00. The van der Waals surface area contributed by atoms with Gasteiger partial charge >= 0.3 is 0 Å². The van der Waals surface area contributed by atoms with E-state index in [-0.39, 0.29) is 11.3 Å². The molecule has 0 radical (unpaired) electrons. The van der Waals surface area contributed by atoms with Crippen molar-refractivity contribution in [3.63, 3.8) is 0 Å². The molecule has 2 aromatic heterocycles. The van der Waals surface area contributed by atoms with E-state index in [9.17, 15) is 14.7 Å². The summed E-state index contributed by atoms with van der Waals surface area (Å²) in [6.45, 7) is 2.03.